The number of halogens is 6. The van der Waals surface area contributed by atoms with Crippen LogP contribution in [0.15, 0.2) is 48.5 Å². The molecule has 162 valence electrons. The Hall–Kier alpha value is -2.06. The third-order valence-electron chi connectivity index (χ3n) is 6.14. The van der Waals surface area contributed by atoms with E-state index in [4.69, 9.17) is 4.74 Å². The van der Waals surface area contributed by atoms with Crippen LogP contribution in [0.5, 0.6) is 0 Å². The molecule has 2 fully saturated rings. The zero-order chi connectivity index (χ0) is 21.6. The molecule has 2 heterocycles. The Balaban J connectivity index is 1.63. The Morgan fingerprint density at radius 3 is 2.30 bits per heavy atom. The number of nitrogens with one attached hydrogen (secondary N) is 1. The largest absolute Gasteiger partial charge is 0.416 e. The molecule has 0 amide bonds. The van der Waals surface area contributed by atoms with E-state index in [9.17, 15) is 26.3 Å². The van der Waals surface area contributed by atoms with Crippen LogP contribution in [0.25, 0.3) is 0 Å². The first-order chi connectivity index (χ1) is 14.1. The van der Waals surface area contributed by atoms with E-state index in [1.165, 1.54) is 0 Å². The number of fused-ring (bicyclic) bond motifs is 2. The highest BCUT2D eigenvalue weighted by atomic mass is 19.4. The van der Waals surface area contributed by atoms with Crippen molar-refractivity contribution in [3.05, 3.63) is 70.8 Å². The molecule has 30 heavy (non-hydrogen) atoms. The second-order valence-corrected chi connectivity index (χ2v) is 7.96. The Morgan fingerprint density at radius 2 is 1.63 bits per heavy atom. The fourth-order valence-corrected chi connectivity index (χ4v) is 4.71. The molecule has 2 aromatic rings. The predicted octanol–water partition coefficient (Wildman–Crippen LogP) is 6.05. The van der Waals surface area contributed by atoms with Crippen molar-refractivity contribution in [2.75, 3.05) is 0 Å². The summed E-state index contributed by atoms with van der Waals surface area (Å²) in [5.41, 5.74) is -2.27. The molecule has 0 aliphatic carbocycles. The summed E-state index contributed by atoms with van der Waals surface area (Å²) in [4.78, 5) is 0. The van der Waals surface area contributed by atoms with E-state index in [1.54, 1.807) is 0 Å². The maximum absolute atomic E-state index is 13.4. The summed E-state index contributed by atoms with van der Waals surface area (Å²) >= 11 is 0. The normalized spacial score (nSPS) is 26.7. The Morgan fingerprint density at radius 1 is 0.900 bits per heavy atom. The first kappa shape index (κ1) is 21.2. The molecule has 2 aliphatic rings. The van der Waals surface area contributed by atoms with Gasteiger partial charge in [0.05, 0.1) is 29.4 Å². The van der Waals surface area contributed by atoms with Gasteiger partial charge < -0.3 is 10.1 Å². The van der Waals surface area contributed by atoms with Crippen LogP contribution >= 0.6 is 0 Å². The van der Waals surface area contributed by atoms with Gasteiger partial charge in [-0.1, -0.05) is 30.3 Å². The summed E-state index contributed by atoms with van der Waals surface area (Å²) in [6.07, 6.45) is -6.79. The van der Waals surface area contributed by atoms with Crippen molar-refractivity contribution < 1.29 is 31.1 Å². The fourth-order valence-electron chi connectivity index (χ4n) is 4.71. The molecule has 2 saturated heterocycles. The third kappa shape index (κ3) is 3.95. The summed E-state index contributed by atoms with van der Waals surface area (Å²) in [5, 5.41) is 3.56. The van der Waals surface area contributed by atoms with Gasteiger partial charge in [-0.05, 0) is 55.0 Å². The minimum Gasteiger partial charge on any atom is -0.371 e. The number of benzene rings is 2. The molecule has 2 unspecified atom stereocenters. The Bertz CT molecular complexity index is 895. The molecule has 0 saturated carbocycles. The van der Waals surface area contributed by atoms with Crippen LogP contribution in [0.3, 0.4) is 0 Å². The van der Waals surface area contributed by atoms with Crippen LogP contribution in [-0.2, 0) is 29.2 Å². The quantitative estimate of drug-likeness (QED) is 0.598. The maximum Gasteiger partial charge on any atom is 0.416 e. The number of alkyl halides is 6. The van der Waals surface area contributed by atoms with Crippen LogP contribution in [-0.4, -0.2) is 12.1 Å². The molecule has 8 heteroatoms. The molecule has 0 spiro atoms. The minimum atomic E-state index is -4.76. The van der Waals surface area contributed by atoms with E-state index in [-0.39, 0.29) is 0 Å². The lowest BCUT2D eigenvalue weighted by Gasteiger charge is -2.42. The van der Waals surface area contributed by atoms with E-state index in [1.807, 2.05) is 30.3 Å². The van der Waals surface area contributed by atoms with E-state index >= 15 is 0 Å². The van der Waals surface area contributed by atoms with Crippen LogP contribution in [0.2, 0.25) is 0 Å². The van der Waals surface area contributed by atoms with Crippen LogP contribution in [0.4, 0.5) is 26.3 Å². The third-order valence-corrected chi connectivity index (χ3v) is 6.14. The lowest BCUT2D eigenvalue weighted by molar-refractivity contribution is -0.143. The molecule has 2 aromatic carbocycles. The molecule has 1 N–H and O–H groups in total. The molecule has 0 aromatic heterocycles. The van der Waals surface area contributed by atoms with Gasteiger partial charge in [-0.25, -0.2) is 0 Å². The number of rotatable bonds is 4. The summed E-state index contributed by atoms with van der Waals surface area (Å²) < 4.78 is 85.3. The maximum atomic E-state index is 13.4. The van der Waals surface area contributed by atoms with E-state index in [0.29, 0.717) is 30.7 Å². The van der Waals surface area contributed by atoms with Crippen LogP contribution < -0.4 is 5.32 Å². The summed E-state index contributed by atoms with van der Waals surface area (Å²) in [6, 6.07) is 11.4. The van der Waals surface area contributed by atoms with Gasteiger partial charge in [-0.2, -0.15) is 26.3 Å². The predicted molar refractivity (Wildman–Crippen MR) is 98.5 cm³/mol. The second-order valence-electron chi connectivity index (χ2n) is 7.96. The highest BCUT2D eigenvalue weighted by molar-refractivity contribution is 5.35. The van der Waals surface area contributed by atoms with E-state index in [0.717, 1.165) is 24.8 Å². The van der Waals surface area contributed by atoms with E-state index < -0.39 is 47.3 Å². The van der Waals surface area contributed by atoms with Gasteiger partial charge in [0.15, 0.2) is 0 Å². The van der Waals surface area contributed by atoms with E-state index in [2.05, 4.69) is 5.32 Å². The molecule has 0 radical (unpaired) electrons. The van der Waals surface area contributed by atoms with Gasteiger partial charge in [-0.3, -0.25) is 0 Å². The van der Waals surface area contributed by atoms with Crippen molar-refractivity contribution in [3.8, 4) is 0 Å². The summed E-state index contributed by atoms with van der Waals surface area (Å²) in [6.45, 7) is -0.537. The fraction of sp³-hybridized carbons (Fsp3) is 0.455. The number of ether oxygens (including phenoxy) is 1. The zero-order valence-corrected chi connectivity index (χ0v) is 16.0. The number of hydrogen-bond donors (Lipinski definition) is 1. The van der Waals surface area contributed by atoms with Crippen molar-refractivity contribution in [3.63, 3.8) is 0 Å². The van der Waals surface area contributed by atoms with Gasteiger partial charge in [0.1, 0.15) is 0 Å². The van der Waals surface area contributed by atoms with Crippen molar-refractivity contribution in [1.29, 1.82) is 0 Å². The summed E-state index contributed by atoms with van der Waals surface area (Å²) in [5.74, 6) is 0. The minimum absolute atomic E-state index is 0.310. The standard InChI is InChI=1S/C22H21F6NO/c23-21(24,25)16-6-8-18(22(26,27)28)14(12-16)13-30-19-9-7-17-10-11-20(19,29-17)15-4-2-1-3-5-15/h1-6,8,12,17,19,29H,7,9-11,13H2/t17-,19?,20?/m0/s1. The molecular formula is C22H21F6NO. The molecule has 2 bridgehead atoms. The molecule has 2 aliphatic heterocycles. The summed E-state index contributed by atoms with van der Waals surface area (Å²) in [7, 11) is 0. The van der Waals surface area contributed by atoms with Crippen molar-refractivity contribution in [1.82, 2.24) is 5.32 Å². The smallest absolute Gasteiger partial charge is 0.371 e. The lowest BCUT2D eigenvalue weighted by Crippen LogP contribution is -2.54. The van der Waals surface area contributed by atoms with Gasteiger partial charge in [-0.15, -0.1) is 0 Å². The average Bonchev–Trinajstić information content (AvgIpc) is 3.05. The van der Waals surface area contributed by atoms with Crippen molar-refractivity contribution in [2.45, 2.75) is 62.3 Å². The molecular weight excluding hydrogens is 408 g/mol. The Labute approximate surface area is 170 Å². The lowest BCUT2D eigenvalue weighted by atomic mass is 9.80. The molecule has 4 rings (SSSR count). The monoisotopic (exact) mass is 429 g/mol. The number of hydrogen-bond acceptors (Lipinski definition) is 2. The Kier molecular flexibility index (Phi) is 5.34. The number of piperidine rings is 1. The highest BCUT2D eigenvalue weighted by Crippen LogP contribution is 2.45. The van der Waals surface area contributed by atoms with Gasteiger partial charge in [0.2, 0.25) is 0 Å². The molecule has 3 atom stereocenters. The van der Waals surface area contributed by atoms with Crippen LogP contribution in [0.1, 0.15) is 47.9 Å². The zero-order valence-electron chi connectivity index (χ0n) is 16.0. The SMILES string of the molecule is FC(F)(F)c1ccc(C(F)(F)F)c(COC2CC[C@H]3CCC2(c2ccccc2)N3)c1. The average molecular weight is 429 g/mol. The highest BCUT2D eigenvalue weighted by Gasteiger charge is 2.50. The van der Waals surface area contributed by atoms with Gasteiger partial charge in [0.25, 0.3) is 0 Å². The second kappa shape index (κ2) is 7.57. The first-order valence-electron chi connectivity index (χ1n) is 9.82. The molecule has 2 nitrogen and oxygen atoms in total. The van der Waals surface area contributed by atoms with Gasteiger partial charge in [0, 0.05) is 6.04 Å². The topological polar surface area (TPSA) is 21.3 Å². The van der Waals surface area contributed by atoms with Crippen molar-refractivity contribution in [2.24, 2.45) is 0 Å². The van der Waals surface area contributed by atoms with Gasteiger partial charge >= 0.3 is 12.4 Å². The van der Waals surface area contributed by atoms with Crippen LogP contribution in [0, 0.1) is 0 Å². The first-order valence-corrected chi connectivity index (χ1v) is 9.82. The van der Waals surface area contributed by atoms with Crippen molar-refractivity contribution >= 4 is 0 Å².